The van der Waals surface area contributed by atoms with Crippen molar-refractivity contribution in [1.82, 2.24) is 16.3 Å². The highest BCUT2D eigenvalue weighted by Gasteiger charge is 2.37. The van der Waals surface area contributed by atoms with Gasteiger partial charge in [0.1, 0.15) is 11.8 Å². The number of benzene rings is 1. The van der Waals surface area contributed by atoms with Gasteiger partial charge in [0.05, 0.1) is 12.1 Å². The molecule has 0 radical (unpaired) electrons. The summed E-state index contributed by atoms with van der Waals surface area (Å²) in [6.07, 6.45) is 1.18. The summed E-state index contributed by atoms with van der Waals surface area (Å²) in [7, 11) is 0. The molecule has 0 aromatic heterocycles. The van der Waals surface area contributed by atoms with Gasteiger partial charge in [-0.05, 0) is 31.0 Å². The van der Waals surface area contributed by atoms with Crippen LogP contribution >= 0.6 is 0 Å². The second-order valence-corrected chi connectivity index (χ2v) is 5.52. The Hall–Kier alpha value is -1.63. The van der Waals surface area contributed by atoms with E-state index in [2.05, 4.69) is 30.1 Å². The maximum Gasteiger partial charge on any atom is 0.252 e. The Bertz CT molecular complexity index is 477. The van der Waals surface area contributed by atoms with Gasteiger partial charge in [0.2, 0.25) is 0 Å². The highest BCUT2D eigenvalue weighted by atomic mass is 16.5. The van der Waals surface area contributed by atoms with Crippen LogP contribution in [0.2, 0.25) is 0 Å². The molecule has 6 nitrogen and oxygen atoms in total. The van der Waals surface area contributed by atoms with Crippen LogP contribution in [-0.2, 0) is 4.79 Å². The van der Waals surface area contributed by atoms with Gasteiger partial charge in [-0.2, -0.15) is 0 Å². The Kier molecular flexibility index (Phi) is 5.17. The summed E-state index contributed by atoms with van der Waals surface area (Å²) in [5.74, 6) is 5.94. The Morgan fingerprint density at radius 2 is 2.05 bits per heavy atom. The van der Waals surface area contributed by atoms with E-state index < -0.39 is 0 Å². The molecule has 0 saturated carbocycles. The maximum atomic E-state index is 11.7. The highest BCUT2D eigenvalue weighted by Crippen LogP contribution is 2.29. The quantitative estimate of drug-likeness (QED) is 0.369. The third-order valence-electron chi connectivity index (χ3n) is 4.02. The largest absolute Gasteiger partial charge is 0.491 e. The van der Waals surface area contributed by atoms with Crippen LogP contribution in [0, 0.1) is 5.92 Å². The molecule has 5 N–H and O–H groups in total. The molecule has 1 aliphatic rings. The van der Waals surface area contributed by atoms with Crippen molar-refractivity contribution in [2.24, 2.45) is 11.8 Å². The van der Waals surface area contributed by atoms with E-state index in [9.17, 15) is 4.79 Å². The average molecular weight is 292 g/mol. The molecule has 1 amide bonds. The lowest BCUT2D eigenvalue weighted by molar-refractivity contribution is -0.123. The summed E-state index contributed by atoms with van der Waals surface area (Å²) in [5.41, 5.74) is 9.44. The average Bonchev–Trinajstić information content (AvgIpc) is 2.89. The highest BCUT2D eigenvalue weighted by molar-refractivity contribution is 5.81. The van der Waals surface area contributed by atoms with E-state index >= 15 is 0 Å². The van der Waals surface area contributed by atoms with E-state index in [4.69, 9.17) is 10.6 Å². The predicted molar refractivity (Wildman–Crippen MR) is 81.1 cm³/mol. The molecule has 4 unspecified atom stereocenters. The number of hydrogen-bond donors (Lipinski definition) is 4. The standard InChI is InChI=1S/C15H24N4O2/c1-4-9(2)21-12-7-5-11(6-8-12)13-10(3)14(19-18-13)15(20)17-16/h5-10,13-14,18-19H,4,16H2,1-3H3,(H,17,20). The molecule has 0 bridgehead atoms. The van der Waals surface area contributed by atoms with Crippen LogP contribution in [0.4, 0.5) is 0 Å². The van der Waals surface area contributed by atoms with Crippen molar-refractivity contribution in [3.63, 3.8) is 0 Å². The minimum Gasteiger partial charge on any atom is -0.491 e. The van der Waals surface area contributed by atoms with Gasteiger partial charge < -0.3 is 4.74 Å². The van der Waals surface area contributed by atoms with Gasteiger partial charge in [-0.15, -0.1) is 0 Å². The number of carbonyl (C=O) groups excluding carboxylic acids is 1. The molecular weight excluding hydrogens is 268 g/mol. The van der Waals surface area contributed by atoms with Gasteiger partial charge in [0.25, 0.3) is 5.91 Å². The summed E-state index contributed by atoms with van der Waals surface area (Å²) < 4.78 is 5.77. The molecule has 1 aliphatic heterocycles. The first-order valence-corrected chi connectivity index (χ1v) is 7.35. The number of ether oxygens (including phenoxy) is 1. The van der Waals surface area contributed by atoms with Gasteiger partial charge in [0, 0.05) is 5.92 Å². The van der Waals surface area contributed by atoms with Gasteiger partial charge in [0.15, 0.2) is 0 Å². The van der Waals surface area contributed by atoms with Gasteiger partial charge >= 0.3 is 0 Å². The van der Waals surface area contributed by atoms with Crippen molar-refractivity contribution in [1.29, 1.82) is 0 Å². The predicted octanol–water partition coefficient (Wildman–Crippen LogP) is 1.01. The molecule has 4 atom stereocenters. The van der Waals surface area contributed by atoms with Crippen molar-refractivity contribution in [3.05, 3.63) is 29.8 Å². The van der Waals surface area contributed by atoms with Gasteiger partial charge in [-0.25, -0.2) is 16.7 Å². The monoisotopic (exact) mass is 292 g/mol. The van der Waals surface area contributed by atoms with Gasteiger partial charge in [-0.1, -0.05) is 26.0 Å². The Balaban J connectivity index is 2.04. The van der Waals surface area contributed by atoms with E-state index in [1.54, 1.807) is 0 Å². The number of nitrogens with one attached hydrogen (secondary N) is 3. The lowest BCUT2D eigenvalue weighted by Gasteiger charge is -2.18. The minimum atomic E-state index is -0.337. The van der Waals surface area contributed by atoms with E-state index in [1.165, 1.54) is 0 Å². The van der Waals surface area contributed by atoms with Crippen LogP contribution in [0.3, 0.4) is 0 Å². The van der Waals surface area contributed by atoms with Crippen LogP contribution < -0.4 is 26.9 Å². The van der Waals surface area contributed by atoms with E-state index in [-0.39, 0.29) is 30.0 Å². The second kappa shape index (κ2) is 6.89. The third kappa shape index (κ3) is 3.53. The van der Waals surface area contributed by atoms with Crippen LogP contribution in [0.15, 0.2) is 24.3 Å². The van der Waals surface area contributed by atoms with Crippen molar-refractivity contribution >= 4 is 5.91 Å². The van der Waals surface area contributed by atoms with Crippen molar-refractivity contribution in [2.45, 2.75) is 45.4 Å². The molecule has 2 rings (SSSR count). The fourth-order valence-corrected chi connectivity index (χ4v) is 2.49. The molecule has 1 aromatic rings. The smallest absolute Gasteiger partial charge is 0.252 e. The molecule has 6 heteroatoms. The Morgan fingerprint density at radius 3 is 2.62 bits per heavy atom. The molecule has 1 heterocycles. The summed E-state index contributed by atoms with van der Waals surface area (Å²) in [5, 5.41) is 0. The number of hydrazine groups is 2. The second-order valence-electron chi connectivity index (χ2n) is 5.52. The van der Waals surface area contributed by atoms with Crippen molar-refractivity contribution in [3.8, 4) is 5.75 Å². The van der Waals surface area contributed by atoms with Gasteiger partial charge in [-0.3, -0.25) is 10.2 Å². The van der Waals surface area contributed by atoms with Crippen molar-refractivity contribution < 1.29 is 9.53 Å². The first-order valence-electron chi connectivity index (χ1n) is 7.35. The first kappa shape index (κ1) is 15.8. The summed E-state index contributed by atoms with van der Waals surface area (Å²) >= 11 is 0. The molecule has 1 fully saturated rings. The number of hydrogen-bond acceptors (Lipinski definition) is 5. The van der Waals surface area contributed by atoms with Crippen LogP contribution in [0.5, 0.6) is 5.75 Å². The Morgan fingerprint density at radius 1 is 1.38 bits per heavy atom. The molecule has 1 aromatic carbocycles. The lowest BCUT2D eigenvalue weighted by Crippen LogP contribution is -2.47. The zero-order valence-electron chi connectivity index (χ0n) is 12.7. The number of rotatable bonds is 5. The molecule has 116 valence electrons. The summed E-state index contributed by atoms with van der Waals surface area (Å²) in [4.78, 5) is 11.7. The molecule has 21 heavy (non-hydrogen) atoms. The van der Waals surface area contributed by atoms with E-state index in [0.29, 0.717) is 0 Å². The molecule has 0 aliphatic carbocycles. The number of nitrogens with two attached hydrogens (primary N) is 1. The Labute approximate surface area is 125 Å². The molecule has 1 saturated heterocycles. The first-order chi connectivity index (χ1) is 10.1. The lowest BCUT2D eigenvalue weighted by atomic mass is 9.91. The van der Waals surface area contributed by atoms with Crippen LogP contribution in [0.1, 0.15) is 38.8 Å². The topological polar surface area (TPSA) is 88.4 Å². The fraction of sp³-hybridized carbons (Fsp3) is 0.533. The zero-order chi connectivity index (χ0) is 15.4. The maximum absolute atomic E-state index is 11.7. The number of carbonyl (C=O) groups is 1. The number of amides is 1. The SMILES string of the molecule is CCC(C)Oc1ccc(C2NNC(C(=O)NN)C2C)cc1. The molecular formula is C15H24N4O2. The van der Waals surface area contributed by atoms with Crippen molar-refractivity contribution in [2.75, 3.05) is 0 Å². The van der Waals surface area contributed by atoms with Crippen LogP contribution in [-0.4, -0.2) is 18.1 Å². The minimum absolute atomic E-state index is 0.0601. The summed E-state index contributed by atoms with van der Waals surface area (Å²) in [6.45, 7) is 6.16. The fourth-order valence-electron chi connectivity index (χ4n) is 2.49. The molecule has 0 spiro atoms. The van der Waals surface area contributed by atoms with E-state index in [1.807, 2.05) is 31.2 Å². The van der Waals surface area contributed by atoms with Crippen LogP contribution in [0.25, 0.3) is 0 Å². The normalized spacial score (nSPS) is 26.4. The summed E-state index contributed by atoms with van der Waals surface area (Å²) in [6, 6.07) is 7.70. The third-order valence-corrected chi connectivity index (χ3v) is 4.02. The van der Waals surface area contributed by atoms with E-state index in [0.717, 1.165) is 17.7 Å². The zero-order valence-corrected chi connectivity index (χ0v) is 12.7.